The highest BCUT2D eigenvalue weighted by atomic mass is 15.3. The van der Waals surface area contributed by atoms with Crippen molar-refractivity contribution in [2.24, 2.45) is 7.05 Å². The maximum absolute atomic E-state index is 9.00. The van der Waals surface area contributed by atoms with E-state index in [4.69, 9.17) is 10.2 Å². The van der Waals surface area contributed by atoms with Gasteiger partial charge in [-0.3, -0.25) is 0 Å². The van der Waals surface area contributed by atoms with Crippen LogP contribution in [0.1, 0.15) is 30.3 Å². The van der Waals surface area contributed by atoms with Crippen molar-refractivity contribution < 1.29 is 0 Å². The molecule has 1 atom stereocenters. The van der Waals surface area contributed by atoms with Crippen LogP contribution in [-0.2, 0) is 7.05 Å². The van der Waals surface area contributed by atoms with E-state index in [9.17, 15) is 0 Å². The lowest BCUT2D eigenvalue weighted by Gasteiger charge is -2.25. The van der Waals surface area contributed by atoms with Gasteiger partial charge in [-0.25, -0.2) is 4.98 Å². The highest BCUT2D eigenvalue weighted by Gasteiger charge is 2.30. The number of fused-ring (bicyclic) bond motifs is 1. The third-order valence-corrected chi connectivity index (χ3v) is 4.40. The van der Waals surface area contributed by atoms with Crippen LogP contribution in [0.3, 0.4) is 0 Å². The van der Waals surface area contributed by atoms with E-state index in [0.717, 1.165) is 41.9 Å². The monoisotopic (exact) mass is 304 g/mol. The minimum atomic E-state index is 0.214. The van der Waals surface area contributed by atoms with Crippen LogP contribution >= 0.6 is 0 Å². The minimum Gasteiger partial charge on any atom is -0.346 e. The van der Waals surface area contributed by atoms with Crippen molar-refractivity contribution in [3.05, 3.63) is 48.0 Å². The number of hydrogen-bond acceptors (Lipinski definition) is 5. The van der Waals surface area contributed by atoms with Gasteiger partial charge in [0.2, 0.25) is 0 Å². The summed E-state index contributed by atoms with van der Waals surface area (Å²) in [5.41, 5.74) is 1.57. The lowest BCUT2D eigenvalue weighted by atomic mass is 10.1. The molecule has 0 spiro atoms. The predicted molar refractivity (Wildman–Crippen MR) is 86.8 cm³/mol. The van der Waals surface area contributed by atoms with Gasteiger partial charge in [0.05, 0.1) is 23.2 Å². The van der Waals surface area contributed by atoms with E-state index in [0.29, 0.717) is 5.56 Å². The summed E-state index contributed by atoms with van der Waals surface area (Å²) in [6.45, 7) is 0.965. The van der Waals surface area contributed by atoms with Gasteiger partial charge in [-0.1, -0.05) is 0 Å². The third-order valence-electron chi connectivity index (χ3n) is 4.40. The van der Waals surface area contributed by atoms with Gasteiger partial charge in [-0.05, 0) is 43.2 Å². The molecule has 0 radical (unpaired) electrons. The fourth-order valence-corrected chi connectivity index (χ4v) is 3.25. The first-order chi connectivity index (χ1) is 11.3. The van der Waals surface area contributed by atoms with E-state index >= 15 is 0 Å². The van der Waals surface area contributed by atoms with Gasteiger partial charge in [0.15, 0.2) is 5.82 Å². The summed E-state index contributed by atoms with van der Waals surface area (Å²) in [7, 11) is 1.98. The van der Waals surface area contributed by atoms with Crippen LogP contribution in [0.5, 0.6) is 0 Å². The van der Waals surface area contributed by atoms with E-state index in [1.807, 2.05) is 41.9 Å². The molecule has 0 saturated carbocycles. The van der Waals surface area contributed by atoms with Gasteiger partial charge in [0.25, 0.3) is 0 Å². The molecule has 1 aromatic carbocycles. The minimum absolute atomic E-state index is 0.214. The molecule has 1 unspecified atom stereocenters. The Bertz CT molecular complexity index is 907. The molecule has 0 N–H and O–H groups in total. The second-order valence-corrected chi connectivity index (χ2v) is 5.84. The molecule has 0 bridgehead atoms. The average molecular weight is 304 g/mol. The molecule has 6 nitrogen and oxygen atoms in total. The Morgan fingerprint density at radius 1 is 1.26 bits per heavy atom. The maximum Gasteiger partial charge on any atom is 0.155 e. The van der Waals surface area contributed by atoms with Crippen LogP contribution < -0.4 is 4.90 Å². The molecular weight excluding hydrogens is 288 g/mol. The van der Waals surface area contributed by atoms with Crippen LogP contribution in [0, 0.1) is 11.3 Å². The summed E-state index contributed by atoms with van der Waals surface area (Å²) in [5.74, 6) is 1.93. The van der Waals surface area contributed by atoms with Crippen molar-refractivity contribution >= 4 is 16.7 Å². The zero-order chi connectivity index (χ0) is 15.8. The molecule has 1 aliphatic rings. The molecule has 6 heteroatoms. The quantitative estimate of drug-likeness (QED) is 0.727. The van der Waals surface area contributed by atoms with Gasteiger partial charge < -0.3 is 9.47 Å². The van der Waals surface area contributed by atoms with Gasteiger partial charge in [-0.2, -0.15) is 5.26 Å². The number of aromatic nitrogens is 4. The Morgan fingerprint density at radius 3 is 2.96 bits per heavy atom. The van der Waals surface area contributed by atoms with E-state index in [1.165, 1.54) is 0 Å². The van der Waals surface area contributed by atoms with Crippen molar-refractivity contribution in [1.29, 1.82) is 5.26 Å². The second-order valence-electron chi connectivity index (χ2n) is 5.84. The lowest BCUT2D eigenvalue weighted by Crippen LogP contribution is -2.25. The first-order valence-corrected chi connectivity index (χ1v) is 7.68. The molecule has 114 valence electrons. The molecule has 2 aromatic heterocycles. The SMILES string of the molecule is Cn1cnnc1C1CCCN1c1ccc2cc(C#N)ccc2n1. The Morgan fingerprint density at radius 2 is 2.17 bits per heavy atom. The fourth-order valence-electron chi connectivity index (χ4n) is 3.25. The first-order valence-electron chi connectivity index (χ1n) is 7.68. The third kappa shape index (κ3) is 2.30. The molecule has 1 aliphatic heterocycles. The number of pyridine rings is 1. The van der Waals surface area contributed by atoms with Crippen LogP contribution in [0.15, 0.2) is 36.7 Å². The Labute approximate surface area is 134 Å². The number of anilines is 1. The van der Waals surface area contributed by atoms with E-state index in [1.54, 1.807) is 6.33 Å². The predicted octanol–water partition coefficient (Wildman–Crippen LogP) is 2.58. The summed E-state index contributed by atoms with van der Waals surface area (Å²) in [6, 6.07) is 12.0. The number of nitriles is 1. The summed E-state index contributed by atoms with van der Waals surface area (Å²) in [5, 5.41) is 18.2. The van der Waals surface area contributed by atoms with Crippen LogP contribution in [-0.4, -0.2) is 26.3 Å². The van der Waals surface area contributed by atoms with E-state index < -0.39 is 0 Å². The average Bonchev–Trinajstić information content (AvgIpc) is 3.22. The lowest BCUT2D eigenvalue weighted by molar-refractivity contribution is 0.625. The number of hydrogen-bond donors (Lipinski definition) is 0. The van der Waals surface area contributed by atoms with Crippen molar-refractivity contribution in [1.82, 2.24) is 19.7 Å². The summed E-state index contributed by atoms with van der Waals surface area (Å²) in [6.07, 6.45) is 3.91. The number of benzene rings is 1. The summed E-state index contributed by atoms with van der Waals surface area (Å²) < 4.78 is 1.98. The topological polar surface area (TPSA) is 70.6 Å². The smallest absolute Gasteiger partial charge is 0.155 e. The first kappa shape index (κ1) is 13.7. The molecular formula is C17H16N6. The number of nitrogens with zero attached hydrogens (tertiary/aromatic N) is 6. The molecule has 1 fully saturated rings. The molecule has 3 heterocycles. The molecule has 4 rings (SSSR count). The molecule has 1 saturated heterocycles. The zero-order valence-corrected chi connectivity index (χ0v) is 12.8. The zero-order valence-electron chi connectivity index (χ0n) is 12.8. The molecule has 3 aromatic rings. The molecule has 23 heavy (non-hydrogen) atoms. The number of aryl methyl sites for hydroxylation is 1. The highest BCUT2D eigenvalue weighted by molar-refractivity contribution is 5.81. The van der Waals surface area contributed by atoms with Crippen molar-refractivity contribution in [2.45, 2.75) is 18.9 Å². The summed E-state index contributed by atoms with van der Waals surface area (Å²) >= 11 is 0. The normalized spacial score (nSPS) is 17.6. The van der Waals surface area contributed by atoms with Gasteiger partial charge in [0, 0.05) is 19.0 Å². The van der Waals surface area contributed by atoms with Crippen molar-refractivity contribution in [3.63, 3.8) is 0 Å². The Kier molecular flexibility index (Phi) is 3.19. The largest absolute Gasteiger partial charge is 0.346 e. The van der Waals surface area contributed by atoms with Crippen molar-refractivity contribution in [3.8, 4) is 6.07 Å². The van der Waals surface area contributed by atoms with E-state index in [2.05, 4.69) is 21.2 Å². The van der Waals surface area contributed by atoms with E-state index in [-0.39, 0.29) is 6.04 Å². The Balaban J connectivity index is 1.73. The number of rotatable bonds is 2. The maximum atomic E-state index is 9.00. The van der Waals surface area contributed by atoms with Crippen LogP contribution in [0.4, 0.5) is 5.82 Å². The van der Waals surface area contributed by atoms with Crippen molar-refractivity contribution in [2.75, 3.05) is 11.4 Å². The fraction of sp³-hybridized carbons (Fsp3) is 0.294. The molecule has 0 amide bonds. The summed E-state index contributed by atoms with van der Waals surface area (Å²) in [4.78, 5) is 7.07. The Hall–Kier alpha value is -2.94. The molecule has 0 aliphatic carbocycles. The standard InChI is InChI=1S/C17H16N6/c1-22-11-19-21-17(22)15-3-2-8-23(15)16-7-5-13-9-12(10-18)4-6-14(13)20-16/h4-7,9,11,15H,2-3,8H2,1H3. The second kappa shape index (κ2) is 5.36. The van der Waals surface area contributed by atoms with Gasteiger partial charge in [-0.15, -0.1) is 10.2 Å². The van der Waals surface area contributed by atoms with Crippen LogP contribution in [0.2, 0.25) is 0 Å². The van der Waals surface area contributed by atoms with Gasteiger partial charge in [0.1, 0.15) is 12.1 Å². The van der Waals surface area contributed by atoms with Crippen LogP contribution in [0.25, 0.3) is 10.9 Å². The highest BCUT2D eigenvalue weighted by Crippen LogP contribution is 2.34. The van der Waals surface area contributed by atoms with Gasteiger partial charge >= 0.3 is 0 Å².